The largest absolute Gasteiger partial charge is 0.504 e. The number of aryl methyl sites for hydroxylation is 1. The second-order valence-electron chi connectivity index (χ2n) is 5.20. The fourth-order valence-electron chi connectivity index (χ4n) is 2.36. The molecule has 0 spiro atoms. The Morgan fingerprint density at radius 2 is 1.67 bits per heavy atom. The lowest BCUT2D eigenvalue weighted by Gasteiger charge is -2.09. The maximum atomic E-state index is 9.74. The molecule has 0 bridgehead atoms. The van der Waals surface area contributed by atoms with Crippen molar-refractivity contribution in [1.29, 1.82) is 0 Å². The lowest BCUT2D eigenvalue weighted by molar-refractivity contribution is 0.351. The Hall–Kier alpha value is -2.16. The Morgan fingerprint density at radius 1 is 0.952 bits per heavy atom. The number of ether oxygens (including phenoxy) is 1. The molecule has 0 heterocycles. The third-order valence-electron chi connectivity index (χ3n) is 3.63. The van der Waals surface area contributed by atoms with Crippen molar-refractivity contribution in [3.63, 3.8) is 0 Å². The van der Waals surface area contributed by atoms with Gasteiger partial charge in [0.15, 0.2) is 11.5 Å². The Morgan fingerprint density at radius 3 is 2.29 bits per heavy atom. The van der Waals surface area contributed by atoms with Crippen LogP contribution in [0, 0.1) is 0 Å². The van der Waals surface area contributed by atoms with Crippen molar-refractivity contribution >= 4 is 0 Å². The minimum absolute atomic E-state index is 0.170. The van der Waals surface area contributed by atoms with Gasteiger partial charge in [0, 0.05) is 0 Å². The second kappa shape index (κ2) is 7.02. The molecule has 2 aromatic carbocycles. The van der Waals surface area contributed by atoms with Crippen molar-refractivity contribution in [2.24, 2.45) is 0 Å². The van der Waals surface area contributed by atoms with E-state index in [1.807, 2.05) is 12.1 Å². The molecular formula is C18H22O3. The second-order valence-corrected chi connectivity index (χ2v) is 5.20. The van der Waals surface area contributed by atoms with E-state index in [0.717, 1.165) is 17.5 Å². The summed E-state index contributed by atoms with van der Waals surface area (Å²) in [7, 11) is 1.47. The summed E-state index contributed by atoms with van der Waals surface area (Å²) in [6.07, 6.45) is 4.79. The molecule has 3 heteroatoms. The van der Waals surface area contributed by atoms with E-state index in [-0.39, 0.29) is 17.2 Å². The maximum Gasteiger partial charge on any atom is 0.200 e. The van der Waals surface area contributed by atoms with Crippen LogP contribution in [0.25, 0.3) is 11.1 Å². The molecule has 3 nitrogen and oxygen atoms in total. The van der Waals surface area contributed by atoms with Gasteiger partial charge in [0.2, 0.25) is 5.75 Å². The quantitative estimate of drug-likeness (QED) is 0.607. The zero-order valence-corrected chi connectivity index (χ0v) is 12.6. The molecule has 0 aromatic heterocycles. The first-order valence-electron chi connectivity index (χ1n) is 7.35. The molecule has 2 aromatic rings. The molecule has 0 atom stereocenters. The number of phenols is 2. The van der Waals surface area contributed by atoms with E-state index in [1.165, 1.54) is 31.9 Å². The van der Waals surface area contributed by atoms with E-state index in [1.54, 1.807) is 12.1 Å². The van der Waals surface area contributed by atoms with E-state index in [4.69, 9.17) is 4.74 Å². The summed E-state index contributed by atoms with van der Waals surface area (Å²) < 4.78 is 5.07. The number of hydrogen-bond donors (Lipinski definition) is 2. The van der Waals surface area contributed by atoms with E-state index in [9.17, 15) is 10.2 Å². The topological polar surface area (TPSA) is 49.7 Å². The van der Waals surface area contributed by atoms with Gasteiger partial charge in [-0.25, -0.2) is 0 Å². The van der Waals surface area contributed by atoms with Crippen LogP contribution in [-0.2, 0) is 6.42 Å². The zero-order chi connectivity index (χ0) is 15.2. The van der Waals surface area contributed by atoms with Gasteiger partial charge in [-0.3, -0.25) is 0 Å². The molecular weight excluding hydrogens is 264 g/mol. The summed E-state index contributed by atoms with van der Waals surface area (Å²) in [6.45, 7) is 2.20. The SMILES string of the molecule is CCCCCc1ccc(-c2cc(O)c(O)c(OC)c2)cc1. The van der Waals surface area contributed by atoms with Crippen LogP contribution >= 0.6 is 0 Å². The van der Waals surface area contributed by atoms with Gasteiger partial charge in [-0.1, -0.05) is 44.0 Å². The summed E-state index contributed by atoms with van der Waals surface area (Å²) in [4.78, 5) is 0. The molecule has 0 saturated heterocycles. The zero-order valence-electron chi connectivity index (χ0n) is 12.6. The smallest absolute Gasteiger partial charge is 0.200 e. The van der Waals surface area contributed by atoms with Crippen LogP contribution in [0.15, 0.2) is 36.4 Å². The molecule has 0 unspecified atom stereocenters. The molecule has 2 N–H and O–H groups in total. The predicted octanol–water partition coefficient (Wildman–Crippen LogP) is 4.51. The molecule has 0 saturated carbocycles. The van der Waals surface area contributed by atoms with Gasteiger partial charge in [-0.15, -0.1) is 0 Å². The Labute approximate surface area is 125 Å². The minimum atomic E-state index is -0.225. The first-order chi connectivity index (χ1) is 10.2. The standard InChI is InChI=1S/C18H22O3/c1-3-4-5-6-13-7-9-14(10-8-13)15-11-16(19)18(20)17(12-15)21-2/h7-12,19-20H,3-6H2,1-2H3. The van der Waals surface area contributed by atoms with E-state index in [2.05, 4.69) is 19.1 Å². The number of unbranched alkanes of at least 4 members (excludes halogenated alkanes) is 2. The molecule has 0 aliphatic heterocycles. The van der Waals surface area contributed by atoms with Crippen molar-refractivity contribution in [2.75, 3.05) is 7.11 Å². The molecule has 21 heavy (non-hydrogen) atoms. The van der Waals surface area contributed by atoms with Crippen molar-refractivity contribution < 1.29 is 14.9 Å². The number of hydrogen-bond acceptors (Lipinski definition) is 3. The van der Waals surface area contributed by atoms with E-state index in [0.29, 0.717) is 0 Å². The highest BCUT2D eigenvalue weighted by Gasteiger charge is 2.10. The summed E-state index contributed by atoms with van der Waals surface area (Å²) in [5, 5.41) is 19.4. The average Bonchev–Trinajstić information content (AvgIpc) is 2.51. The molecule has 0 radical (unpaired) electrons. The third kappa shape index (κ3) is 3.69. The van der Waals surface area contributed by atoms with Crippen LogP contribution in [0.2, 0.25) is 0 Å². The predicted molar refractivity (Wildman–Crippen MR) is 85.0 cm³/mol. The van der Waals surface area contributed by atoms with Crippen LogP contribution < -0.4 is 4.74 Å². The number of phenolic OH excluding ortho intramolecular Hbond substituents is 2. The molecule has 0 aliphatic rings. The van der Waals surface area contributed by atoms with Crippen LogP contribution in [0.5, 0.6) is 17.2 Å². The first kappa shape index (κ1) is 15.2. The van der Waals surface area contributed by atoms with Crippen molar-refractivity contribution in [1.82, 2.24) is 0 Å². The van der Waals surface area contributed by atoms with E-state index >= 15 is 0 Å². The summed E-state index contributed by atoms with van der Waals surface area (Å²) in [6, 6.07) is 11.6. The van der Waals surface area contributed by atoms with Crippen LogP contribution in [0.3, 0.4) is 0 Å². The molecule has 0 aliphatic carbocycles. The fourth-order valence-corrected chi connectivity index (χ4v) is 2.36. The van der Waals surface area contributed by atoms with Crippen LogP contribution in [0.4, 0.5) is 0 Å². The highest BCUT2D eigenvalue weighted by Crippen LogP contribution is 2.39. The highest BCUT2D eigenvalue weighted by molar-refractivity contribution is 5.70. The third-order valence-corrected chi connectivity index (χ3v) is 3.63. The molecule has 2 rings (SSSR count). The monoisotopic (exact) mass is 286 g/mol. The lowest BCUT2D eigenvalue weighted by atomic mass is 10.0. The fraction of sp³-hybridized carbons (Fsp3) is 0.333. The normalized spacial score (nSPS) is 10.6. The molecule has 112 valence electrons. The molecule has 0 fully saturated rings. The molecule has 0 amide bonds. The number of methoxy groups -OCH3 is 1. The van der Waals surface area contributed by atoms with Gasteiger partial charge in [-0.05, 0) is 41.7 Å². The number of benzene rings is 2. The first-order valence-corrected chi connectivity index (χ1v) is 7.35. The van der Waals surface area contributed by atoms with Gasteiger partial charge in [-0.2, -0.15) is 0 Å². The highest BCUT2D eigenvalue weighted by atomic mass is 16.5. The lowest BCUT2D eigenvalue weighted by Crippen LogP contribution is -1.88. The number of rotatable bonds is 6. The Balaban J connectivity index is 2.20. The van der Waals surface area contributed by atoms with Crippen LogP contribution in [-0.4, -0.2) is 17.3 Å². The van der Waals surface area contributed by atoms with Crippen LogP contribution in [0.1, 0.15) is 31.7 Å². The summed E-state index contributed by atoms with van der Waals surface area (Å²) >= 11 is 0. The van der Waals surface area contributed by atoms with Gasteiger partial charge < -0.3 is 14.9 Å². The van der Waals surface area contributed by atoms with Gasteiger partial charge in [0.1, 0.15) is 0 Å². The van der Waals surface area contributed by atoms with E-state index < -0.39 is 0 Å². The van der Waals surface area contributed by atoms with Crippen molar-refractivity contribution in [3.05, 3.63) is 42.0 Å². The van der Waals surface area contributed by atoms with Gasteiger partial charge in [0.25, 0.3) is 0 Å². The van der Waals surface area contributed by atoms with Crippen molar-refractivity contribution in [3.8, 4) is 28.4 Å². The average molecular weight is 286 g/mol. The maximum absolute atomic E-state index is 9.74. The van der Waals surface area contributed by atoms with Crippen molar-refractivity contribution in [2.45, 2.75) is 32.6 Å². The minimum Gasteiger partial charge on any atom is -0.504 e. The van der Waals surface area contributed by atoms with Gasteiger partial charge >= 0.3 is 0 Å². The Kier molecular flexibility index (Phi) is 5.09. The van der Waals surface area contributed by atoms with Gasteiger partial charge in [0.05, 0.1) is 7.11 Å². The Bertz CT molecular complexity index is 588. The summed E-state index contributed by atoms with van der Waals surface area (Å²) in [5.74, 6) is -0.120. The summed E-state index contributed by atoms with van der Waals surface area (Å²) in [5.41, 5.74) is 3.13. The number of aromatic hydroxyl groups is 2.